The maximum Gasteiger partial charge on any atom is 0.278 e. The van der Waals surface area contributed by atoms with Gasteiger partial charge in [-0.05, 0) is 41.4 Å². The molecular formula is C22H20BrN9O. The topological polar surface area (TPSA) is 108 Å². The Morgan fingerprint density at radius 3 is 2.64 bits per heavy atom. The number of amides is 1. The highest BCUT2D eigenvalue weighted by atomic mass is 79.9. The number of fused-ring (bicyclic) bond motifs is 1. The first-order chi connectivity index (χ1) is 16.0. The SMILES string of the molecule is CCn1cc(Br)c(-c2ccnc3cc(C(=O)Nc4ncn(Cc5ccc(C)cc5)n4)nn23)n1. The van der Waals surface area contributed by atoms with Gasteiger partial charge < -0.3 is 0 Å². The Hall–Kier alpha value is -3.86. The number of rotatable bonds is 6. The molecule has 0 spiro atoms. The molecular weight excluding hydrogens is 486 g/mol. The summed E-state index contributed by atoms with van der Waals surface area (Å²) < 4.78 is 5.93. The predicted molar refractivity (Wildman–Crippen MR) is 126 cm³/mol. The van der Waals surface area contributed by atoms with Crippen LogP contribution in [0.25, 0.3) is 17.0 Å². The van der Waals surface area contributed by atoms with E-state index in [1.54, 1.807) is 27.8 Å². The van der Waals surface area contributed by atoms with Crippen molar-refractivity contribution in [1.82, 2.24) is 39.1 Å². The number of carbonyl (C=O) groups excluding carboxylic acids is 1. The zero-order valence-electron chi connectivity index (χ0n) is 18.0. The first kappa shape index (κ1) is 21.0. The van der Waals surface area contributed by atoms with Crippen molar-refractivity contribution in [3.63, 3.8) is 0 Å². The average molecular weight is 506 g/mol. The molecule has 0 bridgehead atoms. The summed E-state index contributed by atoms with van der Waals surface area (Å²) in [5.74, 6) is -0.209. The van der Waals surface area contributed by atoms with Crippen LogP contribution in [0, 0.1) is 6.92 Å². The summed E-state index contributed by atoms with van der Waals surface area (Å²) in [5, 5.41) is 16.1. The van der Waals surface area contributed by atoms with Gasteiger partial charge in [0.1, 0.15) is 12.0 Å². The summed E-state index contributed by atoms with van der Waals surface area (Å²) in [7, 11) is 0. The van der Waals surface area contributed by atoms with E-state index < -0.39 is 5.91 Å². The molecule has 0 aliphatic carbocycles. The van der Waals surface area contributed by atoms with Crippen molar-refractivity contribution in [2.75, 3.05) is 5.32 Å². The monoisotopic (exact) mass is 505 g/mol. The van der Waals surface area contributed by atoms with Crippen molar-refractivity contribution in [1.29, 1.82) is 0 Å². The molecule has 0 aliphatic heterocycles. The van der Waals surface area contributed by atoms with E-state index in [4.69, 9.17) is 0 Å². The molecule has 0 unspecified atom stereocenters. The Bertz CT molecular complexity index is 1450. The van der Waals surface area contributed by atoms with Crippen molar-refractivity contribution in [3.8, 4) is 11.4 Å². The molecule has 1 N–H and O–H groups in total. The summed E-state index contributed by atoms with van der Waals surface area (Å²) in [4.78, 5) is 21.3. The number of halogens is 1. The van der Waals surface area contributed by atoms with Gasteiger partial charge in [0.25, 0.3) is 5.91 Å². The third-order valence-electron chi connectivity index (χ3n) is 5.10. The molecule has 33 heavy (non-hydrogen) atoms. The van der Waals surface area contributed by atoms with Gasteiger partial charge in [-0.1, -0.05) is 29.8 Å². The number of benzene rings is 1. The lowest BCUT2D eigenvalue weighted by atomic mass is 10.1. The normalized spacial score (nSPS) is 11.2. The molecule has 5 rings (SSSR count). The average Bonchev–Trinajstić information content (AvgIpc) is 3.53. The van der Waals surface area contributed by atoms with Crippen LogP contribution < -0.4 is 5.32 Å². The highest BCUT2D eigenvalue weighted by Crippen LogP contribution is 2.27. The number of nitrogens with one attached hydrogen (secondary N) is 1. The van der Waals surface area contributed by atoms with Crippen LogP contribution in [0.4, 0.5) is 5.95 Å². The zero-order chi connectivity index (χ0) is 22.9. The van der Waals surface area contributed by atoms with Crippen LogP contribution in [-0.2, 0) is 13.1 Å². The number of hydrogen-bond donors (Lipinski definition) is 1. The van der Waals surface area contributed by atoms with Gasteiger partial charge in [-0.25, -0.2) is 19.2 Å². The number of anilines is 1. The van der Waals surface area contributed by atoms with E-state index >= 15 is 0 Å². The number of carbonyl (C=O) groups is 1. The summed E-state index contributed by atoms with van der Waals surface area (Å²) in [6.45, 7) is 5.35. The number of aromatic nitrogens is 8. The Labute approximate surface area is 197 Å². The van der Waals surface area contributed by atoms with E-state index in [0.29, 0.717) is 12.2 Å². The lowest BCUT2D eigenvalue weighted by Gasteiger charge is -2.02. The fourth-order valence-corrected chi connectivity index (χ4v) is 3.91. The third kappa shape index (κ3) is 4.27. The van der Waals surface area contributed by atoms with E-state index in [-0.39, 0.29) is 11.6 Å². The molecule has 11 heteroatoms. The second-order valence-corrected chi connectivity index (χ2v) is 8.37. The Morgan fingerprint density at radius 2 is 1.88 bits per heavy atom. The van der Waals surface area contributed by atoms with Gasteiger partial charge in [-0.15, -0.1) is 5.10 Å². The van der Waals surface area contributed by atoms with Crippen molar-refractivity contribution in [2.45, 2.75) is 26.9 Å². The Balaban J connectivity index is 1.36. The molecule has 10 nitrogen and oxygen atoms in total. The fraction of sp³-hybridized carbons (Fsp3) is 0.182. The van der Waals surface area contributed by atoms with Gasteiger partial charge in [0.05, 0.1) is 16.7 Å². The second-order valence-electron chi connectivity index (χ2n) is 7.52. The highest BCUT2D eigenvalue weighted by Gasteiger charge is 2.18. The van der Waals surface area contributed by atoms with Crippen molar-refractivity contribution >= 4 is 33.4 Å². The predicted octanol–water partition coefficient (Wildman–Crippen LogP) is 3.58. The van der Waals surface area contributed by atoms with Gasteiger partial charge >= 0.3 is 0 Å². The van der Waals surface area contributed by atoms with Crippen LogP contribution in [-0.4, -0.2) is 45.1 Å². The quantitative estimate of drug-likeness (QED) is 0.377. The number of aryl methyl sites for hydroxylation is 2. The summed E-state index contributed by atoms with van der Waals surface area (Å²) in [6, 6.07) is 11.6. The van der Waals surface area contributed by atoms with Gasteiger partial charge in [0.2, 0.25) is 5.95 Å². The second kappa shape index (κ2) is 8.58. The van der Waals surface area contributed by atoms with Crippen molar-refractivity contribution < 1.29 is 4.79 Å². The third-order valence-corrected chi connectivity index (χ3v) is 5.68. The molecule has 166 valence electrons. The lowest BCUT2D eigenvalue weighted by Crippen LogP contribution is -2.14. The van der Waals surface area contributed by atoms with Gasteiger partial charge in [0.15, 0.2) is 11.3 Å². The largest absolute Gasteiger partial charge is 0.288 e. The van der Waals surface area contributed by atoms with E-state index in [9.17, 15) is 4.79 Å². The van der Waals surface area contributed by atoms with Crippen molar-refractivity contribution in [3.05, 3.63) is 76.4 Å². The minimum absolute atomic E-state index is 0.205. The molecule has 0 saturated heterocycles. The first-order valence-electron chi connectivity index (χ1n) is 10.3. The minimum Gasteiger partial charge on any atom is -0.288 e. The molecule has 4 heterocycles. The molecule has 1 aromatic carbocycles. The number of nitrogens with zero attached hydrogens (tertiary/aromatic N) is 8. The van der Waals surface area contributed by atoms with Gasteiger partial charge in [-0.2, -0.15) is 10.2 Å². The maximum absolute atomic E-state index is 12.8. The fourth-order valence-electron chi connectivity index (χ4n) is 3.39. The molecule has 0 radical (unpaired) electrons. The van der Waals surface area contributed by atoms with Crippen LogP contribution in [0.1, 0.15) is 28.5 Å². The molecule has 4 aromatic heterocycles. The summed E-state index contributed by atoms with van der Waals surface area (Å²) in [6.07, 6.45) is 5.15. The van der Waals surface area contributed by atoms with Gasteiger partial charge in [-0.3, -0.25) is 14.8 Å². The van der Waals surface area contributed by atoms with E-state index in [2.05, 4.69) is 46.5 Å². The first-order valence-corrected chi connectivity index (χ1v) is 11.1. The van der Waals surface area contributed by atoms with Gasteiger partial charge in [0, 0.05) is 25.0 Å². The van der Waals surface area contributed by atoms with Crippen LogP contribution in [0.3, 0.4) is 0 Å². The minimum atomic E-state index is -0.419. The van der Waals surface area contributed by atoms with Crippen LogP contribution in [0.15, 0.2) is 59.6 Å². The Morgan fingerprint density at radius 1 is 1.06 bits per heavy atom. The molecule has 0 saturated carbocycles. The van der Waals surface area contributed by atoms with E-state index in [0.717, 1.165) is 28.0 Å². The highest BCUT2D eigenvalue weighted by molar-refractivity contribution is 9.10. The van der Waals surface area contributed by atoms with E-state index in [1.165, 1.54) is 5.56 Å². The lowest BCUT2D eigenvalue weighted by molar-refractivity contribution is 0.102. The molecule has 1 amide bonds. The standard InChI is InChI=1S/C22H20BrN9O/c1-3-30-12-16(23)20(28-30)18-8-9-24-19-10-17(27-32(18)19)21(33)26-22-25-13-31(29-22)11-15-6-4-14(2)5-7-15/h4-10,12-13H,3,11H2,1-2H3,(H,26,29,33). The van der Waals surface area contributed by atoms with Crippen LogP contribution in [0.5, 0.6) is 0 Å². The smallest absolute Gasteiger partial charge is 0.278 e. The summed E-state index contributed by atoms with van der Waals surface area (Å²) in [5.41, 5.74) is 4.47. The molecule has 0 fully saturated rings. The molecule has 5 aromatic rings. The Kier molecular flexibility index (Phi) is 5.47. The van der Waals surface area contributed by atoms with Crippen LogP contribution in [0.2, 0.25) is 0 Å². The maximum atomic E-state index is 12.8. The molecule has 0 aliphatic rings. The van der Waals surface area contributed by atoms with Crippen molar-refractivity contribution in [2.24, 2.45) is 0 Å². The number of hydrogen-bond acceptors (Lipinski definition) is 6. The van der Waals surface area contributed by atoms with Crippen LogP contribution >= 0.6 is 15.9 Å². The van der Waals surface area contributed by atoms with E-state index in [1.807, 2.05) is 55.1 Å². The zero-order valence-corrected chi connectivity index (χ0v) is 19.6. The molecule has 0 atom stereocenters. The summed E-state index contributed by atoms with van der Waals surface area (Å²) >= 11 is 3.55.